The highest BCUT2D eigenvalue weighted by Gasteiger charge is 2.44. The van der Waals surface area contributed by atoms with Crippen LogP contribution in [0, 0.1) is 16.7 Å². The SMILES string of the molecule is C=C(C(=O)OC)C(F)(F)F.C=C(C)C(=O)OC.C=CC(=O)CC.C=CC(=O)OC.C=CCOC.C=COC.CC1CO1.CC1OC1(C)C.CCCC1(C)CCC1.COCC1(C)CCC1.COCC1(C)CO1.COCC1CCC2OC2C1.COCC1CO1. The molecule has 8 rings (SSSR count). The van der Waals surface area contributed by atoms with Crippen LogP contribution in [0.15, 0.2) is 75.1 Å². The van der Waals surface area contributed by atoms with Crippen molar-refractivity contribution in [1.29, 1.82) is 0 Å². The van der Waals surface area contributed by atoms with Gasteiger partial charge in [0.25, 0.3) is 0 Å². The summed E-state index contributed by atoms with van der Waals surface area (Å²) in [6.45, 7) is 46.5. The van der Waals surface area contributed by atoms with Crippen molar-refractivity contribution in [1.82, 2.24) is 0 Å². The number of carbonyl (C=O) groups is 4. The van der Waals surface area contributed by atoms with Crippen molar-refractivity contribution in [2.24, 2.45) is 16.7 Å². The van der Waals surface area contributed by atoms with E-state index in [1.165, 1.54) is 97.2 Å². The van der Waals surface area contributed by atoms with E-state index in [4.69, 9.17) is 42.6 Å². The maximum absolute atomic E-state index is 11.5. The lowest BCUT2D eigenvalue weighted by Crippen LogP contribution is -2.30. The quantitative estimate of drug-likeness (QED) is 0.0311. The Morgan fingerprint density at radius 2 is 1.14 bits per heavy atom. The van der Waals surface area contributed by atoms with Crippen LogP contribution in [0.2, 0.25) is 0 Å². The zero-order valence-corrected chi connectivity index (χ0v) is 57.1. The molecule has 5 heterocycles. The molecule has 5 aliphatic heterocycles. The number of hydrogen-bond acceptors (Lipinski definition) is 18. The van der Waals surface area contributed by atoms with E-state index < -0.39 is 23.7 Å². The molecule has 0 amide bonds. The summed E-state index contributed by atoms with van der Waals surface area (Å²) in [5.41, 5.74) is 0.552. The topological polar surface area (TPSA) is 214 Å². The molecule has 87 heavy (non-hydrogen) atoms. The molecule has 8 aliphatic rings. The number of esters is 3. The molecule has 21 heteroatoms. The number of ketones is 1. The normalized spacial score (nSPS) is 23.0. The third-order valence-corrected chi connectivity index (χ3v) is 13.4. The number of fused-ring (bicyclic) bond motifs is 1. The first-order chi connectivity index (χ1) is 40.7. The number of carbonyl (C=O) groups excluding carboxylic acids is 4. The first kappa shape index (κ1) is 91.4. The van der Waals surface area contributed by atoms with Gasteiger partial charge in [-0.1, -0.05) is 85.9 Å². The summed E-state index contributed by atoms with van der Waals surface area (Å²) in [5, 5.41) is 0. The largest absolute Gasteiger partial charge is 0.505 e. The Balaban J connectivity index is -0.000000281. The van der Waals surface area contributed by atoms with Crippen LogP contribution in [0.3, 0.4) is 0 Å². The van der Waals surface area contributed by atoms with Gasteiger partial charge >= 0.3 is 24.1 Å². The predicted octanol–water partition coefficient (Wildman–Crippen LogP) is 13.1. The molecule has 0 aromatic carbocycles. The standard InChI is InChI=1S/C8H14O2.C8H16.C7H14O.C5H5F3O2.C5H10O2.C5H8O2.C5H10O.C5H8O.C4H8O2.C4H6O2.C4H8O.2C3H6O/c1-9-5-6-2-3-7-8(4-6)10-7;1-3-5-8(2)6-4-7-8;1-7(6-8-2)4-3-5-7;1-3(4(9)10-2)5(6,7)8;1-5(3-6-2)4-7-5;1-4(2)5(6)7-3;1-4-5(2,3)6-4;1-3-5(6)4-2;1-5-2-4-3-6-4;1-3-4(5)6-2;1-3-4-5-2;1-3-2-4-3;1-3-4-2/h6-8H,2-5H2,1H3;3-7H2,1-2H3;3-6H2,1-2H3;1H2,2H3;3-4H2,1-2H3;1H2,2-3H3;4H,1-3H3;3H,1,4H2,2H3;4H,2-3H2,1H3;3H,1H2,2H3;3H,1,4H2,2H3;3H,2H2,1H3;3H,1H2,2H3. The molecule has 0 spiro atoms. The van der Waals surface area contributed by atoms with E-state index in [1.54, 1.807) is 55.7 Å². The maximum Gasteiger partial charge on any atom is 0.422 e. The zero-order valence-electron chi connectivity index (χ0n) is 57.1. The van der Waals surface area contributed by atoms with Gasteiger partial charge in [-0.15, -0.1) is 6.58 Å². The van der Waals surface area contributed by atoms with Crippen LogP contribution in [-0.4, -0.2) is 188 Å². The summed E-state index contributed by atoms with van der Waals surface area (Å²) in [6, 6.07) is 0. The van der Waals surface area contributed by atoms with Crippen LogP contribution in [0.4, 0.5) is 13.2 Å². The van der Waals surface area contributed by atoms with Crippen LogP contribution >= 0.6 is 0 Å². The molecule has 0 radical (unpaired) electrons. The van der Waals surface area contributed by atoms with Crippen molar-refractivity contribution in [3.8, 4) is 0 Å². The van der Waals surface area contributed by atoms with E-state index in [0.29, 0.717) is 54.5 Å². The van der Waals surface area contributed by atoms with Crippen molar-refractivity contribution in [2.75, 3.05) is 117 Å². The number of epoxide rings is 5. The van der Waals surface area contributed by atoms with Gasteiger partial charge in [-0.25, -0.2) is 14.4 Å². The average molecular weight is 1260 g/mol. The van der Waals surface area contributed by atoms with Gasteiger partial charge in [0.1, 0.15) is 17.3 Å². The molecule has 0 N–H and O–H groups in total. The van der Waals surface area contributed by atoms with E-state index >= 15 is 0 Å². The van der Waals surface area contributed by atoms with Crippen molar-refractivity contribution < 1.29 is 98.7 Å². The Kier molecular flexibility index (Phi) is 56.3. The Hall–Kier alpha value is -4.29. The second-order valence-electron chi connectivity index (χ2n) is 22.6. The molecular formula is C66H119F3O18. The van der Waals surface area contributed by atoms with Gasteiger partial charge in [0.05, 0.1) is 111 Å². The monoisotopic (exact) mass is 1260 g/mol. The van der Waals surface area contributed by atoms with Crippen LogP contribution in [0.25, 0.3) is 0 Å². The molecule has 7 unspecified atom stereocenters. The summed E-state index contributed by atoms with van der Waals surface area (Å²) in [6.07, 6.45) is 19.4. The number of allylic oxidation sites excluding steroid dienone is 1. The van der Waals surface area contributed by atoms with Crippen molar-refractivity contribution in [3.63, 3.8) is 0 Å². The van der Waals surface area contributed by atoms with E-state index in [9.17, 15) is 32.3 Å². The number of hydrogen-bond donors (Lipinski definition) is 0. The predicted molar refractivity (Wildman–Crippen MR) is 337 cm³/mol. The summed E-state index contributed by atoms with van der Waals surface area (Å²) >= 11 is 0. The van der Waals surface area contributed by atoms with Gasteiger partial charge in [-0.3, -0.25) is 4.79 Å². The van der Waals surface area contributed by atoms with Gasteiger partial charge in [0.2, 0.25) is 0 Å². The minimum absolute atomic E-state index is 0.0781. The van der Waals surface area contributed by atoms with Gasteiger partial charge in [-0.2, -0.15) is 13.2 Å². The van der Waals surface area contributed by atoms with Crippen molar-refractivity contribution in [2.45, 2.75) is 194 Å². The van der Waals surface area contributed by atoms with Gasteiger partial charge < -0.3 is 66.3 Å². The summed E-state index contributed by atoms with van der Waals surface area (Å²) < 4.78 is 100. The fraction of sp³-hybridized carbons (Fsp3) is 0.758. The first-order valence-electron chi connectivity index (χ1n) is 29.5. The van der Waals surface area contributed by atoms with Crippen LogP contribution in [-0.2, 0) is 85.5 Å². The summed E-state index contributed by atoms with van der Waals surface area (Å²) in [4.78, 5) is 40.2. The number of ether oxygens (including phenoxy) is 14. The second kappa shape index (κ2) is 53.5. The van der Waals surface area contributed by atoms with E-state index in [1.807, 2.05) is 13.8 Å². The van der Waals surface area contributed by atoms with E-state index in [-0.39, 0.29) is 23.0 Å². The number of alkyl halides is 3. The Morgan fingerprint density at radius 3 is 1.28 bits per heavy atom. The van der Waals surface area contributed by atoms with Gasteiger partial charge in [0.15, 0.2) is 5.78 Å². The van der Waals surface area contributed by atoms with Gasteiger partial charge in [-0.05, 0) is 116 Å². The summed E-state index contributed by atoms with van der Waals surface area (Å²) in [7, 11) is 13.6. The molecule has 18 nitrogen and oxygen atoms in total. The molecule has 0 bridgehead atoms. The van der Waals surface area contributed by atoms with E-state index in [2.05, 4.69) is 112 Å². The lowest BCUT2D eigenvalue weighted by molar-refractivity contribution is -0.148. The molecule has 512 valence electrons. The summed E-state index contributed by atoms with van der Waals surface area (Å²) in [5.74, 6) is -1.31. The fourth-order valence-corrected chi connectivity index (χ4v) is 6.92. The van der Waals surface area contributed by atoms with Crippen LogP contribution in [0.1, 0.15) is 146 Å². The lowest BCUT2D eigenvalue weighted by atomic mass is 9.68. The number of methoxy groups -OCH3 is 9. The molecule has 5 saturated heterocycles. The third-order valence-electron chi connectivity index (χ3n) is 13.4. The fourth-order valence-electron chi connectivity index (χ4n) is 6.92. The van der Waals surface area contributed by atoms with Crippen molar-refractivity contribution in [3.05, 3.63) is 75.1 Å². The van der Waals surface area contributed by atoms with E-state index in [0.717, 1.165) is 70.8 Å². The highest BCUT2D eigenvalue weighted by Crippen LogP contribution is 2.44. The third kappa shape index (κ3) is 59.1. The zero-order chi connectivity index (χ0) is 68.3. The number of halogens is 3. The average Bonchev–Trinajstić information content (AvgIpc) is 4.23. The maximum atomic E-state index is 11.5. The molecule has 3 aliphatic carbocycles. The molecule has 0 aromatic rings. The van der Waals surface area contributed by atoms with Crippen molar-refractivity contribution >= 4 is 23.7 Å². The highest BCUT2D eigenvalue weighted by atomic mass is 19.4. The second-order valence-corrected chi connectivity index (χ2v) is 22.6. The number of rotatable bonds is 18. The lowest BCUT2D eigenvalue weighted by Gasteiger charge is -2.38. The highest BCUT2D eigenvalue weighted by molar-refractivity contribution is 5.89. The first-order valence-corrected chi connectivity index (χ1v) is 29.5. The smallest absolute Gasteiger partial charge is 0.422 e. The van der Waals surface area contributed by atoms with Gasteiger partial charge in [0, 0.05) is 60.2 Å². The molecule has 0 aromatic heterocycles. The molecule has 8 fully saturated rings. The molecule has 7 atom stereocenters. The van der Waals surface area contributed by atoms with Crippen LogP contribution in [0.5, 0.6) is 0 Å². The minimum atomic E-state index is -4.69. The molecule has 3 saturated carbocycles. The Labute approximate surface area is 523 Å². The molecular weight excluding hydrogens is 1140 g/mol. The Bertz CT molecular complexity index is 1790. The Morgan fingerprint density at radius 1 is 0.667 bits per heavy atom. The van der Waals surface area contributed by atoms with Crippen LogP contribution < -0.4 is 0 Å². The minimum Gasteiger partial charge on any atom is -0.505 e.